The summed E-state index contributed by atoms with van der Waals surface area (Å²) in [6, 6.07) is 2.16. The minimum atomic E-state index is 0.136. The summed E-state index contributed by atoms with van der Waals surface area (Å²) in [6.07, 6.45) is 6.45. The highest BCUT2D eigenvalue weighted by Crippen LogP contribution is 2.33. The van der Waals surface area contributed by atoms with Gasteiger partial charge in [0.25, 0.3) is 0 Å². The highest BCUT2D eigenvalue weighted by atomic mass is 15.1. The monoisotopic (exact) mass is 275 g/mol. The second-order valence-corrected chi connectivity index (χ2v) is 7.76. The molecule has 0 bridgehead atoms. The fraction of sp³-hybridized carbons (Fsp3) is 0.706. The zero-order chi connectivity index (χ0) is 14.8. The number of anilines is 1. The fourth-order valence-electron chi connectivity index (χ4n) is 2.58. The summed E-state index contributed by atoms with van der Waals surface area (Å²) < 4.78 is 0. The molecule has 0 amide bonds. The van der Waals surface area contributed by atoms with Gasteiger partial charge >= 0.3 is 0 Å². The minimum Gasteiger partial charge on any atom is -0.371 e. The molecular formula is C17H29N3. The fourth-order valence-corrected chi connectivity index (χ4v) is 2.58. The first kappa shape index (κ1) is 15.3. The number of nitrogens with zero attached hydrogens (tertiary/aromatic N) is 2. The normalized spacial score (nSPS) is 19.1. The Morgan fingerprint density at radius 2 is 1.90 bits per heavy atom. The van der Waals surface area contributed by atoms with E-state index in [1.807, 2.05) is 12.4 Å². The second-order valence-electron chi connectivity index (χ2n) is 7.76. The summed E-state index contributed by atoms with van der Waals surface area (Å²) in [4.78, 5) is 6.82. The maximum atomic E-state index is 4.30. The zero-order valence-electron chi connectivity index (χ0n) is 13.7. The van der Waals surface area contributed by atoms with Crippen molar-refractivity contribution in [3.05, 3.63) is 24.0 Å². The number of aromatic nitrogens is 1. The number of rotatable bonds is 3. The standard InChI is InChI=1S/C17H29N3/c1-16(2,3)19-13-14-12-18-9-6-15(14)20-10-7-17(4,5)8-11-20/h6,9,12,19H,7-8,10-11,13H2,1-5H3. The first-order chi connectivity index (χ1) is 9.27. The van der Waals surface area contributed by atoms with Crippen molar-refractivity contribution >= 4 is 5.69 Å². The van der Waals surface area contributed by atoms with Gasteiger partial charge in [0.05, 0.1) is 0 Å². The van der Waals surface area contributed by atoms with Gasteiger partial charge in [0.2, 0.25) is 0 Å². The molecule has 0 spiro atoms. The molecule has 1 aliphatic heterocycles. The number of piperidine rings is 1. The first-order valence-corrected chi connectivity index (χ1v) is 7.70. The molecule has 112 valence electrons. The quantitative estimate of drug-likeness (QED) is 0.913. The van der Waals surface area contributed by atoms with Gasteiger partial charge < -0.3 is 10.2 Å². The molecule has 3 heteroatoms. The Morgan fingerprint density at radius 3 is 2.50 bits per heavy atom. The zero-order valence-corrected chi connectivity index (χ0v) is 13.7. The average Bonchev–Trinajstić information content (AvgIpc) is 2.36. The molecule has 1 aromatic rings. The Balaban J connectivity index is 2.08. The lowest BCUT2D eigenvalue weighted by Crippen LogP contribution is -2.39. The number of pyridine rings is 1. The van der Waals surface area contributed by atoms with E-state index in [0.29, 0.717) is 5.41 Å². The summed E-state index contributed by atoms with van der Waals surface area (Å²) in [7, 11) is 0. The molecule has 0 saturated carbocycles. The van der Waals surface area contributed by atoms with Crippen molar-refractivity contribution in [3.8, 4) is 0 Å². The van der Waals surface area contributed by atoms with Gasteiger partial charge in [0.1, 0.15) is 0 Å². The van der Waals surface area contributed by atoms with Crippen LogP contribution in [-0.4, -0.2) is 23.6 Å². The summed E-state index contributed by atoms with van der Waals surface area (Å²) in [6.45, 7) is 14.5. The highest BCUT2D eigenvalue weighted by molar-refractivity contribution is 5.52. The van der Waals surface area contributed by atoms with E-state index in [1.54, 1.807) is 0 Å². The lowest BCUT2D eigenvalue weighted by molar-refractivity contribution is 0.279. The van der Waals surface area contributed by atoms with Gasteiger partial charge in [-0.05, 0) is 45.1 Å². The number of hydrogen-bond donors (Lipinski definition) is 1. The van der Waals surface area contributed by atoms with Crippen LogP contribution in [0.5, 0.6) is 0 Å². The Morgan fingerprint density at radius 1 is 1.25 bits per heavy atom. The van der Waals surface area contributed by atoms with Crippen molar-refractivity contribution in [3.63, 3.8) is 0 Å². The molecule has 0 atom stereocenters. The van der Waals surface area contributed by atoms with Crippen LogP contribution >= 0.6 is 0 Å². The molecule has 1 saturated heterocycles. The third-order valence-electron chi connectivity index (χ3n) is 4.14. The van der Waals surface area contributed by atoms with E-state index in [4.69, 9.17) is 0 Å². The van der Waals surface area contributed by atoms with Crippen LogP contribution in [0.1, 0.15) is 53.0 Å². The van der Waals surface area contributed by atoms with Crippen molar-refractivity contribution in [2.75, 3.05) is 18.0 Å². The van der Waals surface area contributed by atoms with Crippen LogP contribution < -0.4 is 10.2 Å². The lowest BCUT2D eigenvalue weighted by atomic mass is 9.82. The molecule has 1 aliphatic rings. The molecule has 3 nitrogen and oxygen atoms in total. The Bertz CT molecular complexity index is 436. The molecule has 20 heavy (non-hydrogen) atoms. The third-order valence-corrected chi connectivity index (χ3v) is 4.14. The molecule has 1 aromatic heterocycles. The van der Waals surface area contributed by atoms with E-state index < -0.39 is 0 Å². The molecule has 1 N–H and O–H groups in total. The second kappa shape index (κ2) is 5.72. The van der Waals surface area contributed by atoms with E-state index in [9.17, 15) is 0 Å². The maximum absolute atomic E-state index is 4.30. The SMILES string of the molecule is CC1(C)CCN(c2ccncc2CNC(C)(C)C)CC1. The number of nitrogens with one attached hydrogen (secondary N) is 1. The number of hydrogen-bond acceptors (Lipinski definition) is 3. The molecule has 0 radical (unpaired) electrons. The lowest BCUT2D eigenvalue weighted by Gasteiger charge is -2.39. The Hall–Kier alpha value is -1.09. The summed E-state index contributed by atoms with van der Waals surface area (Å²) >= 11 is 0. The van der Waals surface area contributed by atoms with Gasteiger partial charge in [-0.25, -0.2) is 0 Å². The van der Waals surface area contributed by atoms with Crippen LogP contribution in [-0.2, 0) is 6.54 Å². The van der Waals surface area contributed by atoms with Gasteiger partial charge in [0.15, 0.2) is 0 Å². The van der Waals surface area contributed by atoms with Gasteiger partial charge in [-0.1, -0.05) is 13.8 Å². The van der Waals surface area contributed by atoms with E-state index in [1.165, 1.54) is 24.1 Å². The maximum Gasteiger partial charge on any atom is 0.0442 e. The molecule has 2 rings (SSSR count). The topological polar surface area (TPSA) is 28.2 Å². The molecule has 0 unspecified atom stereocenters. The van der Waals surface area contributed by atoms with E-state index >= 15 is 0 Å². The smallest absolute Gasteiger partial charge is 0.0442 e. The summed E-state index contributed by atoms with van der Waals surface area (Å²) in [5, 5.41) is 3.57. The van der Waals surface area contributed by atoms with E-state index in [0.717, 1.165) is 19.6 Å². The Kier molecular flexibility index (Phi) is 4.38. The predicted octanol–water partition coefficient (Wildman–Crippen LogP) is 3.60. The molecule has 2 heterocycles. The van der Waals surface area contributed by atoms with Crippen molar-refractivity contribution in [1.29, 1.82) is 0 Å². The van der Waals surface area contributed by atoms with Crippen LogP contribution in [0.2, 0.25) is 0 Å². The van der Waals surface area contributed by atoms with E-state index in [2.05, 4.69) is 55.9 Å². The molecule has 1 fully saturated rings. The first-order valence-electron chi connectivity index (χ1n) is 7.70. The molecular weight excluding hydrogens is 246 g/mol. The van der Waals surface area contributed by atoms with Gasteiger partial charge in [-0.3, -0.25) is 4.98 Å². The minimum absolute atomic E-state index is 0.136. The van der Waals surface area contributed by atoms with Gasteiger partial charge in [-0.15, -0.1) is 0 Å². The third kappa shape index (κ3) is 4.20. The molecule has 0 aliphatic carbocycles. The van der Waals surface area contributed by atoms with Crippen LogP contribution in [0, 0.1) is 5.41 Å². The Labute approximate surface area is 123 Å². The van der Waals surface area contributed by atoms with E-state index in [-0.39, 0.29) is 5.54 Å². The predicted molar refractivity (Wildman–Crippen MR) is 86.1 cm³/mol. The van der Waals surface area contributed by atoms with Crippen molar-refractivity contribution in [1.82, 2.24) is 10.3 Å². The van der Waals surface area contributed by atoms with Crippen molar-refractivity contribution < 1.29 is 0 Å². The summed E-state index contributed by atoms with van der Waals surface area (Å²) in [5.74, 6) is 0. The van der Waals surface area contributed by atoms with Crippen molar-refractivity contribution in [2.24, 2.45) is 5.41 Å². The van der Waals surface area contributed by atoms with Crippen molar-refractivity contribution in [2.45, 2.75) is 59.5 Å². The van der Waals surface area contributed by atoms with Gasteiger partial charge in [-0.2, -0.15) is 0 Å². The van der Waals surface area contributed by atoms with Gasteiger partial charge in [0, 0.05) is 48.8 Å². The average molecular weight is 275 g/mol. The van der Waals surface area contributed by atoms with Crippen LogP contribution in [0.3, 0.4) is 0 Å². The van der Waals surface area contributed by atoms with Crippen LogP contribution in [0.15, 0.2) is 18.5 Å². The van der Waals surface area contributed by atoms with Crippen LogP contribution in [0.4, 0.5) is 5.69 Å². The van der Waals surface area contributed by atoms with Crippen LogP contribution in [0.25, 0.3) is 0 Å². The summed E-state index contributed by atoms with van der Waals surface area (Å²) in [5.41, 5.74) is 3.29. The molecule has 0 aromatic carbocycles. The highest BCUT2D eigenvalue weighted by Gasteiger charge is 2.26. The largest absolute Gasteiger partial charge is 0.371 e.